The average molecular weight is 298 g/mol. The molecule has 5 heteroatoms. The first-order valence-corrected chi connectivity index (χ1v) is 7.22. The summed E-state index contributed by atoms with van der Waals surface area (Å²) in [6.07, 6.45) is 2.36. The van der Waals surface area contributed by atoms with Crippen LogP contribution in [-0.2, 0) is 4.79 Å². The van der Waals surface area contributed by atoms with Crippen LogP contribution in [0.1, 0.15) is 23.5 Å². The maximum absolute atomic E-state index is 12.7. The molecule has 2 aromatic rings. The van der Waals surface area contributed by atoms with E-state index in [-0.39, 0.29) is 11.8 Å². The zero-order chi connectivity index (χ0) is 15.5. The zero-order valence-corrected chi connectivity index (χ0v) is 12.6. The molecule has 5 nitrogen and oxygen atoms in total. The summed E-state index contributed by atoms with van der Waals surface area (Å²) >= 11 is 0. The number of amides is 1. The van der Waals surface area contributed by atoms with Gasteiger partial charge in [0.2, 0.25) is 11.8 Å². The average Bonchev–Trinajstić information content (AvgIpc) is 2.54. The Bertz CT molecular complexity index is 700. The number of hydrogen-bond donors (Lipinski definition) is 1. The van der Waals surface area contributed by atoms with Crippen molar-refractivity contribution in [3.63, 3.8) is 0 Å². The summed E-state index contributed by atoms with van der Waals surface area (Å²) in [6.45, 7) is 2.46. The number of para-hydroxylation sites is 1. The van der Waals surface area contributed by atoms with Crippen molar-refractivity contribution in [2.45, 2.75) is 19.3 Å². The van der Waals surface area contributed by atoms with E-state index in [1.54, 1.807) is 6.20 Å². The van der Waals surface area contributed by atoms with E-state index in [1.807, 2.05) is 37.3 Å². The van der Waals surface area contributed by atoms with E-state index in [1.165, 1.54) is 7.11 Å². The van der Waals surface area contributed by atoms with Crippen LogP contribution >= 0.6 is 0 Å². The van der Waals surface area contributed by atoms with Gasteiger partial charge >= 0.3 is 0 Å². The number of carbonyl (C=O) groups excluding carboxylic acids is 1. The molecule has 1 aromatic carbocycles. The number of anilines is 1. The third-order valence-corrected chi connectivity index (χ3v) is 3.71. The van der Waals surface area contributed by atoms with E-state index >= 15 is 0 Å². The maximum Gasteiger partial charge on any atom is 0.237 e. The van der Waals surface area contributed by atoms with Gasteiger partial charge in [-0.15, -0.1) is 0 Å². The van der Waals surface area contributed by atoms with Crippen LogP contribution in [0.15, 0.2) is 36.5 Å². The summed E-state index contributed by atoms with van der Waals surface area (Å²) in [6, 6.07) is 9.51. The largest absolute Gasteiger partial charge is 0.493 e. The van der Waals surface area contributed by atoms with Crippen molar-refractivity contribution in [1.29, 1.82) is 0 Å². The predicted octanol–water partition coefficient (Wildman–Crippen LogP) is 2.90. The van der Waals surface area contributed by atoms with Crippen molar-refractivity contribution in [2.24, 2.45) is 0 Å². The third kappa shape index (κ3) is 2.74. The van der Waals surface area contributed by atoms with Gasteiger partial charge in [0.1, 0.15) is 11.4 Å². The summed E-state index contributed by atoms with van der Waals surface area (Å²) in [5.74, 6) is 0.902. The number of aryl methyl sites for hydroxylation is 1. The van der Waals surface area contributed by atoms with Gasteiger partial charge in [0.05, 0.1) is 19.6 Å². The fourth-order valence-corrected chi connectivity index (χ4v) is 2.64. The summed E-state index contributed by atoms with van der Waals surface area (Å²) in [4.78, 5) is 16.8. The summed E-state index contributed by atoms with van der Waals surface area (Å²) in [5.41, 5.74) is 2.48. The molecule has 0 aliphatic carbocycles. The van der Waals surface area contributed by atoms with Crippen LogP contribution in [0.2, 0.25) is 0 Å². The minimum atomic E-state index is -0.227. The van der Waals surface area contributed by atoms with E-state index in [9.17, 15) is 4.79 Å². The van der Waals surface area contributed by atoms with Crippen molar-refractivity contribution in [2.75, 3.05) is 19.0 Å². The van der Waals surface area contributed by atoms with E-state index in [0.717, 1.165) is 16.9 Å². The number of nitrogens with zero attached hydrogens (tertiary/aromatic N) is 1. The van der Waals surface area contributed by atoms with E-state index in [0.29, 0.717) is 24.6 Å². The summed E-state index contributed by atoms with van der Waals surface area (Å²) in [5, 5.41) is 2.93. The zero-order valence-electron chi connectivity index (χ0n) is 12.6. The molecule has 1 aliphatic heterocycles. The normalized spacial score (nSPS) is 16.4. The van der Waals surface area contributed by atoms with Crippen molar-refractivity contribution in [3.05, 3.63) is 47.7 Å². The second-order valence-electron chi connectivity index (χ2n) is 5.29. The molecule has 1 aromatic heterocycles. The summed E-state index contributed by atoms with van der Waals surface area (Å²) < 4.78 is 10.8. The lowest BCUT2D eigenvalue weighted by Crippen LogP contribution is -2.26. The number of rotatable bonds is 3. The van der Waals surface area contributed by atoms with Gasteiger partial charge in [0.15, 0.2) is 0 Å². The number of pyridine rings is 1. The van der Waals surface area contributed by atoms with Crippen molar-refractivity contribution in [1.82, 2.24) is 4.98 Å². The standard InChI is InChI=1S/C17H18N2O3/c1-11-9-14(17(21-2)18-10-11)19-16(20)13-7-8-22-15-6-4-3-5-12(13)15/h3-6,9-10,13H,7-8H2,1-2H3,(H,19,20). The number of aromatic nitrogens is 1. The van der Waals surface area contributed by atoms with E-state index < -0.39 is 0 Å². The summed E-state index contributed by atoms with van der Waals surface area (Å²) in [7, 11) is 1.54. The molecule has 0 radical (unpaired) electrons. The van der Waals surface area contributed by atoms with E-state index in [4.69, 9.17) is 9.47 Å². The Hall–Kier alpha value is -2.56. The van der Waals surface area contributed by atoms with Gasteiger partial charge in [-0.3, -0.25) is 4.79 Å². The topological polar surface area (TPSA) is 60.5 Å². The van der Waals surface area contributed by atoms with Gasteiger partial charge in [-0.25, -0.2) is 4.98 Å². The lowest BCUT2D eigenvalue weighted by Gasteiger charge is -2.25. The maximum atomic E-state index is 12.7. The van der Waals surface area contributed by atoms with Crippen LogP contribution in [0.5, 0.6) is 11.6 Å². The molecule has 0 bridgehead atoms. The molecule has 0 spiro atoms. The SMILES string of the molecule is COc1ncc(C)cc1NC(=O)C1CCOc2ccccc21. The first kappa shape index (κ1) is 14.4. The quantitative estimate of drug-likeness (QED) is 0.946. The molecule has 22 heavy (non-hydrogen) atoms. The number of ether oxygens (including phenoxy) is 2. The molecule has 1 unspecified atom stereocenters. The minimum Gasteiger partial charge on any atom is -0.493 e. The van der Waals surface area contributed by atoms with Crippen LogP contribution < -0.4 is 14.8 Å². The molecule has 1 aliphatic rings. The molecule has 0 saturated carbocycles. The second kappa shape index (κ2) is 6.05. The van der Waals surface area contributed by atoms with Crippen LogP contribution in [0, 0.1) is 6.92 Å². The highest BCUT2D eigenvalue weighted by Gasteiger charge is 2.28. The third-order valence-electron chi connectivity index (χ3n) is 3.71. The van der Waals surface area contributed by atoms with Gasteiger partial charge in [-0.1, -0.05) is 18.2 Å². The molecule has 1 atom stereocenters. The Balaban J connectivity index is 1.86. The van der Waals surface area contributed by atoms with Crippen LogP contribution in [0.25, 0.3) is 0 Å². The van der Waals surface area contributed by atoms with Gasteiger partial charge in [0.25, 0.3) is 0 Å². The van der Waals surface area contributed by atoms with Crippen LogP contribution in [0.3, 0.4) is 0 Å². The van der Waals surface area contributed by atoms with Crippen LogP contribution in [0.4, 0.5) is 5.69 Å². The number of hydrogen-bond acceptors (Lipinski definition) is 4. The molecule has 0 saturated heterocycles. The molecule has 3 rings (SSSR count). The highest BCUT2D eigenvalue weighted by Crippen LogP contribution is 2.34. The number of fused-ring (bicyclic) bond motifs is 1. The Morgan fingerprint density at radius 1 is 1.41 bits per heavy atom. The first-order chi connectivity index (χ1) is 10.7. The van der Waals surface area contributed by atoms with Gasteiger partial charge in [-0.05, 0) is 31.0 Å². The molecular formula is C17H18N2O3. The highest BCUT2D eigenvalue weighted by atomic mass is 16.5. The van der Waals surface area contributed by atoms with E-state index in [2.05, 4.69) is 10.3 Å². The Morgan fingerprint density at radius 2 is 2.23 bits per heavy atom. The second-order valence-corrected chi connectivity index (χ2v) is 5.29. The molecule has 0 fully saturated rings. The molecule has 1 N–H and O–H groups in total. The number of methoxy groups -OCH3 is 1. The first-order valence-electron chi connectivity index (χ1n) is 7.22. The van der Waals surface area contributed by atoms with Gasteiger partial charge in [-0.2, -0.15) is 0 Å². The Kier molecular flexibility index (Phi) is 3.96. The number of nitrogens with one attached hydrogen (secondary N) is 1. The predicted molar refractivity (Wildman–Crippen MR) is 83.5 cm³/mol. The number of benzene rings is 1. The minimum absolute atomic E-state index is 0.0681. The fourth-order valence-electron chi connectivity index (χ4n) is 2.64. The molecule has 2 heterocycles. The number of carbonyl (C=O) groups is 1. The molecule has 1 amide bonds. The van der Waals surface area contributed by atoms with Crippen molar-refractivity contribution >= 4 is 11.6 Å². The lowest BCUT2D eigenvalue weighted by atomic mass is 9.92. The smallest absolute Gasteiger partial charge is 0.237 e. The lowest BCUT2D eigenvalue weighted by molar-refractivity contribution is -0.118. The van der Waals surface area contributed by atoms with Crippen molar-refractivity contribution < 1.29 is 14.3 Å². The highest BCUT2D eigenvalue weighted by molar-refractivity contribution is 5.97. The fraction of sp³-hybridized carbons (Fsp3) is 0.294. The monoisotopic (exact) mass is 298 g/mol. The van der Waals surface area contributed by atoms with Gasteiger partial charge in [0, 0.05) is 11.8 Å². The van der Waals surface area contributed by atoms with Crippen LogP contribution in [-0.4, -0.2) is 24.6 Å². The van der Waals surface area contributed by atoms with Gasteiger partial charge < -0.3 is 14.8 Å². The Morgan fingerprint density at radius 3 is 3.05 bits per heavy atom. The van der Waals surface area contributed by atoms with Crippen molar-refractivity contribution in [3.8, 4) is 11.6 Å². The molecular weight excluding hydrogens is 280 g/mol. The Labute approximate surface area is 129 Å². The molecule has 114 valence electrons.